The molecule has 16 heavy (non-hydrogen) atoms. The number of Topliss-reactive ketones (excluding diaryl/α,β-unsaturated/α-hetero) is 1. The summed E-state index contributed by atoms with van der Waals surface area (Å²) in [5, 5.41) is 9.08. The van der Waals surface area contributed by atoms with Crippen molar-refractivity contribution in [2.24, 2.45) is 0 Å². The van der Waals surface area contributed by atoms with Crippen LogP contribution in [-0.4, -0.2) is 18.9 Å². The molecule has 0 bridgehead atoms. The molecular weight excluding hydrogens is 200 g/mol. The van der Waals surface area contributed by atoms with Crippen LogP contribution in [0.5, 0.6) is 0 Å². The van der Waals surface area contributed by atoms with Crippen LogP contribution in [0.25, 0.3) is 0 Å². The van der Waals surface area contributed by atoms with Crippen molar-refractivity contribution in [3.05, 3.63) is 29.3 Å². The molecule has 3 nitrogen and oxygen atoms in total. The molecule has 3 heteroatoms. The van der Waals surface area contributed by atoms with Crippen LogP contribution in [0.3, 0.4) is 0 Å². The summed E-state index contributed by atoms with van der Waals surface area (Å²) in [4.78, 5) is 13.5. The zero-order valence-electron chi connectivity index (χ0n) is 9.36. The average molecular weight is 214 g/mol. The first-order valence-electron chi connectivity index (χ1n) is 5.48. The Kier molecular flexibility index (Phi) is 2.91. The fourth-order valence-corrected chi connectivity index (χ4v) is 2.20. The minimum Gasteiger partial charge on any atom is -0.363 e. The highest BCUT2D eigenvalue weighted by Gasteiger charge is 2.20. The van der Waals surface area contributed by atoms with Gasteiger partial charge in [-0.2, -0.15) is 5.26 Å². The second-order valence-corrected chi connectivity index (χ2v) is 4.15. The molecule has 1 aliphatic heterocycles. The van der Waals surface area contributed by atoms with Crippen molar-refractivity contribution < 1.29 is 4.79 Å². The first-order chi connectivity index (χ1) is 7.72. The molecule has 0 aromatic heterocycles. The van der Waals surface area contributed by atoms with Gasteiger partial charge in [-0.25, -0.2) is 0 Å². The van der Waals surface area contributed by atoms with Gasteiger partial charge in [-0.15, -0.1) is 0 Å². The van der Waals surface area contributed by atoms with E-state index >= 15 is 0 Å². The topological polar surface area (TPSA) is 44.1 Å². The molecule has 0 aliphatic carbocycles. The fourth-order valence-electron chi connectivity index (χ4n) is 2.20. The predicted molar refractivity (Wildman–Crippen MR) is 62.3 cm³/mol. The maximum Gasteiger partial charge on any atom is 0.152 e. The van der Waals surface area contributed by atoms with Gasteiger partial charge in [0.05, 0.1) is 17.8 Å². The van der Waals surface area contributed by atoms with E-state index in [2.05, 4.69) is 6.07 Å². The lowest BCUT2D eigenvalue weighted by molar-refractivity contribution is -0.118. The highest BCUT2D eigenvalue weighted by atomic mass is 16.1. The van der Waals surface area contributed by atoms with Gasteiger partial charge in [0.1, 0.15) is 6.07 Å². The van der Waals surface area contributed by atoms with E-state index in [-0.39, 0.29) is 5.78 Å². The van der Waals surface area contributed by atoms with E-state index in [9.17, 15) is 4.79 Å². The number of nitrogens with zero attached hydrogens (tertiary/aromatic N) is 2. The molecule has 0 radical (unpaired) electrons. The summed E-state index contributed by atoms with van der Waals surface area (Å²) in [7, 11) is 0. The number of carbonyl (C=O) groups excluding carboxylic acids is 1. The molecule has 1 aromatic rings. The normalized spacial score (nSPS) is 16.0. The molecule has 1 saturated heterocycles. The number of ketones is 1. The van der Waals surface area contributed by atoms with Crippen molar-refractivity contribution in [3.8, 4) is 6.07 Å². The van der Waals surface area contributed by atoms with E-state index < -0.39 is 0 Å². The molecule has 82 valence electrons. The second-order valence-electron chi connectivity index (χ2n) is 4.15. The summed E-state index contributed by atoms with van der Waals surface area (Å²) in [6.07, 6.45) is 1.56. The van der Waals surface area contributed by atoms with Gasteiger partial charge in [-0.1, -0.05) is 12.1 Å². The second kappa shape index (κ2) is 4.36. The van der Waals surface area contributed by atoms with Gasteiger partial charge in [0.15, 0.2) is 5.78 Å². The van der Waals surface area contributed by atoms with Crippen molar-refractivity contribution >= 4 is 11.5 Å². The van der Waals surface area contributed by atoms with Crippen LogP contribution in [0.15, 0.2) is 18.2 Å². The third kappa shape index (κ3) is 1.92. The quantitative estimate of drug-likeness (QED) is 0.718. The predicted octanol–water partition coefficient (Wildman–Crippen LogP) is 2.04. The Balaban J connectivity index is 2.39. The largest absolute Gasteiger partial charge is 0.363 e. The van der Waals surface area contributed by atoms with Crippen LogP contribution in [-0.2, 0) is 4.79 Å². The molecular formula is C13H14N2O. The lowest BCUT2D eigenvalue weighted by Crippen LogP contribution is -2.36. The number of hydrogen-bond acceptors (Lipinski definition) is 3. The SMILES string of the molecule is Cc1cccc(C#N)c1N1CCCC(=O)C1. The summed E-state index contributed by atoms with van der Waals surface area (Å²) in [6.45, 7) is 3.29. The summed E-state index contributed by atoms with van der Waals surface area (Å²) in [6, 6.07) is 7.86. The molecule has 1 fully saturated rings. The third-order valence-electron chi connectivity index (χ3n) is 2.93. The lowest BCUT2D eigenvalue weighted by atomic mass is 10.0. The van der Waals surface area contributed by atoms with Gasteiger partial charge in [0.25, 0.3) is 0 Å². The van der Waals surface area contributed by atoms with Gasteiger partial charge in [0, 0.05) is 13.0 Å². The van der Waals surface area contributed by atoms with Gasteiger partial charge in [0.2, 0.25) is 0 Å². The van der Waals surface area contributed by atoms with E-state index in [1.54, 1.807) is 6.07 Å². The standard InChI is InChI=1S/C13H14N2O/c1-10-4-2-5-11(8-14)13(10)15-7-3-6-12(16)9-15/h2,4-5H,3,6-7,9H2,1H3. The lowest BCUT2D eigenvalue weighted by Gasteiger charge is -2.29. The number of hydrogen-bond donors (Lipinski definition) is 0. The summed E-state index contributed by atoms with van der Waals surface area (Å²) < 4.78 is 0. The smallest absolute Gasteiger partial charge is 0.152 e. The minimum absolute atomic E-state index is 0.262. The van der Waals surface area contributed by atoms with Crippen LogP contribution in [0.1, 0.15) is 24.0 Å². The first-order valence-corrected chi connectivity index (χ1v) is 5.48. The summed E-state index contributed by atoms with van der Waals surface area (Å²) >= 11 is 0. The maximum absolute atomic E-state index is 11.4. The molecule has 0 atom stereocenters. The van der Waals surface area contributed by atoms with Gasteiger partial charge in [-0.3, -0.25) is 4.79 Å². The monoisotopic (exact) mass is 214 g/mol. The maximum atomic E-state index is 11.4. The van der Waals surface area contributed by atoms with Crippen LogP contribution in [0, 0.1) is 18.3 Å². The number of benzene rings is 1. The zero-order valence-corrected chi connectivity index (χ0v) is 9.36. The highest BCUT2D eigenvalue weighted by Crippen LogP contribution is 2.26. The van der Waals surface area contributed by atoms with Crippen LogP contribution in [0.4, 0.5) is 5.69 Å². The van der Waals surface area contributed by atoms with Crippen molar-refractivity contribution in [2.45, 2.75) is 19.8 Å². The molecule has 0 amide bonds. The number of carbonyl (C=O) groups is 1. The van der Waals surface area contributed by atoms with Crippen LogP contribution in [0.2, 0.25) is 0 Å². The molecule has 0 N–H and O–H groups in total. The molecule has 0 saturated carbocycles. The number of rotatable bonds is 1. The Morgan fingerprint density at radius 3 is 2.94 bits per heavy atom. The van der Waals surface area contributed by atoms with E-state index in [4.69, 9.17) is 5.26 Å². The number of para-hydroxylation sites is 1. The molecule has 0 unspecified atom stereocenters. The van der Waals surface area contributed by atoms with Gasteiger partial charge >= 0.3 is 0 Å². The summed E-state index contributed by atoms with van der Waals surface area (Å²) in [5.41, 5.74) is 2.65. The number of aryl methyl sites for hydroxylation is 1. The Morgan fingerprint density at radius 1 is 1.44 bits per heavy atom. The third-order valence-corrected chi connectivity index (χ3v) is 2.93. The molecule has 0 spiro atoms. The van der Waals surface area contributed by atoms with Gasteiger partial charge < -0.3 is 4.90 Å². The Morgan fingerprint density at radius 2 is 2.25 bits per heavy atom. The molecule has 1 aromatic carbocycles. The van der Waals surface area contributed by atoms with Crippen LogP contribution < -0.4 is 4.90 Å². The number of piperidine rings is 1. The van der Waals surface area contributed by atoms with E-state index in [0.29, 0.717) is 18.5 Å². The fraction of sp³-hybridized carbons (Fsp3) is 0.385. The number of nitriles is 1. The van der Waals surface area contributed by atoms with Crippen molar-refractivity contribution in [1.29, 1.82) is 5.26 Å². The van der Waals surface area contributed by atoms with E-state index in [1.165, 1.54) is 0 Å². The average Bonchev–Trinajstić information content (AvgIpc) is 2.28. The Hall–Kier alpha value is -1.82. The van der Waals surface area contributed by atoms with Crippen molar-refractivity contribution in [1.82, 2.24) is 0 Å². The van der Waals surface area contributed by atoms with Crippen molar-refractivity contribution in [2.75, 3.05) is 18.0 Å². The van der Waals surface area contributed by atoms with E-state index in [1.807, 2.05) is 24.0 Å². The van der Waals surface area contributed by atoms with E-state index in [0.717, 1.165) is 24.2 Å². The zero-order chi connectivity index (χ0) is 11.5. The number of anilines is 1. The minimum atomic E-state index is 0.262. The van der Waals surface area contributed by atoms with Crippen LogP contribution >= 0.6 is 0 Å². The molecule has 1 aliphatic rings. The van der Waals surface area contributed by atoms with Crippen molar-refractivity contribution in [3.63, 3.8) is 0 Å². The molecule has 1 heterocycles. The van der Waals surface area contributed by atoms with Gasteiger partial charge in [-0.05, 0) is 25.0 Å². The Bertz CT molecular complexity index is 459. The summed E-state index contributed by atoms with van der Waals surface area (Å²) in [5.74, 6) is 0.262. The Labute approximate surface area is 95.3 Å². The highest BCUT2D eigenvalue weighted by molar-refractivity contribution is 5.85. The molecule has 2 rings (SSSR count). The first kappa shape index (κ1) is 10.7.